The van der Waals surface area contributed by atoms with E-state index in [1.54, 1.807) is 0 Å². The molecule has 48 heavy (non-hydrogen) atoms. The van der Waals surface area contributed by atoms with Gasteiger partial charge >= 0.3 is 0 Å². The van der Waals surface area contributed by atoms with E-state index in [9.17, 15) is 5.11 Å². The molecule has 0 bridgehead atoms. The number of benzene rings is 1. The number of hydrogen-bond acceptors (Lipinski definition) is 5. The minimum absolute atomic E-state index is 0.000140. The van der Waals surface area contributed by atoms with Crippen molar-refractivity contribution in [3.8, 4) is 0 Å². The van der Waals surface area contributed by atoms with E-state index in [2.05, 4.69) is 126 Å². The zero-order chi connectivity index (χ0) is 36.4. The molecule has 0 radical (unpaired) electrons. The minimum Gasteiger partial charge on any atom is -0.413 e. The average Bonchev–Trinajstić information content (AvgIpc) is 3.13. The Morgan fingerprint density at radius 2 is 0.979 bits per heavy atom. The van der Waals surface area contributed by atoms with Gasteiger partial charge in [-0.2, -0.15) is 0 Å². The molecule has 1 aromatic rings. The molecule has 7 atom stereocenters. The van der Waals surface area contributed by atoms with Gasteiger partial charge in [-0.25, -0.2) is 0 Å². The molecule has 0 saturated heterocycles. The van der Waals surface area contributed by atoms with Crippen molar-refractivity contribution in [1.82, 2.24) is 0 Å². The molecule has 8 heteroatoms. The van der Waals surface area contributed by atoms with E-state index in [0.717, 1.165) is 54.4 Å². The SMILES string of the molecule is CC[Si](CC)(CC)O[C@@H]([C@@H](C)[C@H](O[Si](CC)(CC)CC)[C@H](C)/C=C\CO)[C@H](C)[C@@H](O[Si](CC)(CC)CC)[C@@H](C)COCc1ccccc1. The number of aliphatic hydroxyl groups excluding tert-OH is 1. The highest BCUT2D eigenvalue weighted by Crippen LogP contribution is 2.40. The summed E-state index contributed by atoms with van der Waals surface area (Å²) in [6.45, 7) is 31.7. The first-order valence-electron chi connectivity index (χ1n) is 19.8. The Morgan fingerprint density at radius 3 is 1.40 bits per heavy atom. The van der Waals surface area contributed by atoms with Gasteiger partial charge in [-0.15, -0.1) is 0 Å². The molecule has 0 fully saturated rings. The fourth-order valence-electron chi connectivity index (χ4n) is 7.79. The third kappa shape index (κ3) is 12.9. The van der Waals surface area contributed by atoms with Crippen molar-refractivity contribution in [3.63, 3.8) is 0 Å². The van der Waals surface area contributed by atoms with Crippen LogP contribution in [0.2, 0.25) is 54.4 Å². The molecule has 0 heterocycles. The van der Waals surface area contributed by atoms with Gasteiger partial charge in [0.15, 0.2) is 25.0 Å². The molecule has 1 aromatic carbocycles. The Balaban J connectivity index is 3.78. The van der Waals surface area contributed by atoms with Crippen LogP contribution in [0.5, 0.6) is 0 Å². The predicted molar refractivity (Wildman–Crippen MR) is 215 cm³/mol. The smallest absolute Gasteiger partial charge is 0.192 e. The van der Waals surface area contributed by atoms with Crippen LogP contribution < -0.4 is 0 Å². The lowest BCUT2D eigenvalue weighted by atomic mass is 9.80. The van der Waals surface area contributed by atoms with Crippen LogP contribution in [0.4, 0.5) is 0 Å². The van der Waals surface area contributed by atoms with Crippen LogP contribution in [-0.4, -0.2) is 61.6 Å². The standard InChI is InChI=1S/C40H78O5Si3/c1-14-46(15-2,16-3)43-38(33(10)27-26-30-41)35(12)40(45-48(20-7,21-8)22-9)36(13)39(44-47(17-4,18-5)19-6)34(11)31-42-32-37-28-24-23-25-29-37/h23-29,33-36,38-41H,14-22,30-32H2,1-13H3/b27-26-/t33-,34+,35+,36-,38-,39+,40+/m1/s1. The maximum Gasteiger partial charge on any atom is 0.192 e. The van der Waals surface area contributed by atoms with E-state index < -0.39 is 25.0 Å². The van der Waals surface area contributed by atoms with Gasteiger partial charge in [-0.3, -0.25) is 0 Å². The summed E-state index contributed by atoms with van der Waals surface area (Å²) in [5.41, 5.74) is 1.20. The molecule has 5 nitrogen and oxygen atoms in total. The van der Waals surface area contributed by atoms with Gasteiger partial charge in [0.2, 0.25) is 0 Å². The summed E-state index contributed by atoms with van der Waals surface area (Å²) in [6, 6.07) is 20.5. The molecule has 0 aliphatic carbocycles. The van der Waals surface area contributed by atoms with E-state index in [1.807, 2.05) is 6.08 Å². The molecule has 280 valence electrons. The van der Waals surface area contributed by atoms with E-state index in [1.165, 1.54) is 5.56 Å². The first-order valence-corrected chi connectivity index (χ1v) is 27.4. The average molecular weight is 723 g/mol. The summed E-state index contributed by atoms with van der Waals surface area (Å²) >= 11 is 0. The van der Waals surface area contributed by atoms with Gasteiger partial charge in [0.1, 0.15) is 0 Å². The topological polar surface area (TPSA) is 57.2 Å². The highest BCUT2D eigenvalue weighted by Gasteiger charge is 2.46. The zero-order valence-corrected chi connectivity index (χ0v) is 36.6. The van der Waals surface area contributed by atoms with Crippen LogP contribution in [0.25, 0.3) is 0 Å². The number of aliphatic hydroxyl groups is 1. The Bertz CT molecular complexity index is 956. The van der Waals surface area contributed by atoms with Gasteiger partial charge < -0.3 is 23.1 Å². The Hall–Kier alpha value is -0.589. The summed E-state index contributed by atoms with van der Waals surface area (Å²) in [5, 5.41) is 9.75. The minimum atomic E-state index is -2.01. The first-order chi connectivity index (χ1) is 22.9. The Morgan fingerprint density at radius 1 is 0.583 bits per heavy atom. The van der Waals surface area contributed by atoms with Gasteiger partial charge in [-0.05, 0) is 65.9 Å². The second kappa shape index (κ2) is 23.1. The first kappa shape index (κ1) is 45.4. The van der Waals surface area contributed by atoms with Crippen molar-refractivity contribution in [2.45, 2.75) is 169 Å². The predicted octanol–water partition coefficient (Wildman–Crippen LogP) is 11.5. The molecule has 0 amide bonds. The van der Waals surface area contributed by atoms with Crippen LogP contribution in [0.3, 0.4) is 0 Å². The van der Waals surface area contributed by atoms with Crippen molar-refractivity contribution in [3.05, 3.63) is 48.0 Å². The Kier molecular flexibility index (Phi) is 21.8. The monoisotopic (exact) mass is 723 g/mol. The van der Waals surface area contributed by atoms with Crippen LogP contribution in [0.1, 0.15) is 95.6 Å². The lowest BCUT2D eigenvalue weighted by Gasteiger charge is -2.48. The fraction of sp³-hybridized carbons (Fsp3) is 0.800. The highest BCUT2D eigenvalue weighted by atomic mass is 28.4. The molecule has 0 unspecified atom stereocenters. The van der Waals surface area contributed by atoms with Crippen molar-refractivity contribution >= 4 is 25.0 Å². The Labute approximate surface area is 301 Å². The maximum atomic E-state index is 9.75. The molecule has 0 aliphatic rings. The second-order valence-electron chi connectivity index (χ2n) is 14.6. The molecule has 0 aromatic heterocycles. The normalized spacial score (nSPS) is 17.6. The third-order valence-electron chi connectivity index (χ3n) is 12.1. The van der Waals surface area contributed by atoms with E-state index in [4.69, 9.17) is 18.0 Å². The largest absolute Gasteiger partial charge is 0.413 e. The van der Waals surface area contributed by atoms with Crippen LogP contribution >= 0.6 is 0 Å². The van der Waals surface area contributed by atoms with Gasteiger partial charge in [-0.1, -0.05) is 132 Å². The van der Waals surface area contributed by atoms with Crippen molar-refractivity contribution < 1.29 is 23.1 Å². The fourth-order valence-corrected chi connectivity index (χ4v) is 16.8. The van der Waals surface area contributed by atoms with Crippen LogP contribution in [-0.2, 0) is 24.6 Å². The molecule has 0 spiro atoms. The van der Waals surface area contributed by atoms with Crippen molar-refractivity contribution in [1.29, 1.82) is 0 Å². The number of hydrogen-bond donors (Lipinski definition) is 1. The molecule has 1 rings (SSSR count). The number of ether oxygens (including phenoxy) is 1. The maximum absolute atomic E-state index is 9.75. The van der Waals surface area contributed by atoms with E-state index in [0.29, 0.717) is 13.2 Å². The van der Waals surface area contributed by atoms with Crippen molar-refractivity contribution in [2.75, 3.05) is 13.2 Å². The van der Waals surface area contributed by atoms with E-state index in [-0.39, 0.29) is 48.6 Å². The number of rotatable bonds is 27. The van der Waals surface area contributed by atoms with Gasteiger partial charge in [0, 0.05) is 17.8 Å². The zero-order valence-electron chi connectivity index (χ0n) is 33.6. The summed E-state index contributed by atoms with van der Waals surface area (Å²) in [4.78, 5) is 0. The molecule has 1 N–H and O–H groups in total. The second-order valence-corrected chi connectivity index (χ2v) is 28.8. The summed E-state index contributed by atoms with van der Waals surface area (Å²) in [5.74, 6) is 0.672. The highest BCUT2D eigenvalue weighted by molar-refractivity contribution is 6.74. The van der Waals surface area contributed by atoms with E-state index >= 15 is 0 Å². The lowest BCUT2D eigenvalue weighted by molar-refractivity contribution is -0.0607. The molecule has 0 saturated carbocycles. The summed E-state index contributed by atoms with van der Waals surface area (Å²) < 4.78 is 29.1. The summed E-state index contributed by atoms with van der Waals surface area (Å²) in [7, 11) is -5.91. The molecular weight excluding hydrogens is 645 g/mol. The van der Waals surface area contributed by atoms with Crippen LogP contribution in [0, 0.1) is 23.7 Å². The molecule has 0 aliphatic heterocycles. The third-order valence-corrected chi connectivity index (χ3v) is 26.1. The molecular formula is C40H78O5Si3. The van der Waals surface area contributed by atoms with Gasteiger partial charge in [0.25, 0.3) is 0 Å². The summed E-state index contributed by atoms with van der Waals surface area (Å²) in [6.07, 6.45) is 4.07. The lowest BCUT2D eigenvalue weighted by Crippen LogP contribution is -2.55. The van der Waals surface area contributed by atoms with Gasteiger partial charge in [0.05, 0.1) is 38.1 Å². The quantitative estimate of drug-likeness (QED) is 0.0724. The van der Waals surface area contributed by atoms with Crippen LogP contribution in [0.15, 0.2) is 42.5 Å². The van der Waals surface area contributed by atoms with Crippen molar-refractivity contribution in [2.24, 2.45) is 23.7 Å².